The van der Waals surface area contributed by atoms with Crippen LogP contribution in [0.4, 0.5) is 0 Å². The minimum Gasteiger partial charge on any atom is -0.460 e. The summed E-state index contributed by atoms with van der Waals surface area (Å²) in [6, 6.07) is 5.45. The van der Waals surface area contributed by atoms with Gasteiger partial charge in [0.2, 0.25) is 6.79 Å². The van der Waals surface area contributed by atoms with Crippen LogP contribution in [-0.4, -0.2) is 42.1 Å². The standard InChI is InChI=1S/C26H30O7/c1-17-5-3-2-4-6-19-14-20(15-21(19)22(27)9-12-25(28)32-17)33-26(29)11-8-18-7-10-23-24(13-18)31-16-30-23/h4,6-13,17,19-22,27H,2-3,5,14-16H2,1H3/b6-4+,11-8+,12-9?/t17-,19+,20-,21+,22+/m0/s1. The molecule has 7 nitrogen and oxygen atoms in total. The summed E-state index contributed by atoms with van der Waals surface area (Å²) in [7, 11) is 0. The highest BCUT2D eigenvalue weighted by Gasteiger charge is 2.38. The first-order valence-electron chi connectivity index (χ1n) is 11.5. The highest BCUT2D eigenvalue weighted by Crippen LogP contribution is 2.38. The number of fused-ring (bicyclic) bond motifs is 2. The zero-order chi connectivity index (χ0) is 23.2. The summed E-state index contributed by atoms with van der Waals surface area (Å²) in [4.78, 5) is 24.4. The van der Waals surface area contributed by atoms with Crippen LogP contribution < -0.4 is 9.47 Å². The third-order valence-corrected chi connectivity index (χ3v) is 6.26. The van der Waals surface area contributed by atoms with E-state index in [-0.39, 0.29) is 30.8 Å². The number of aliphatic hydroxyl groups excluding tert-OH is 1. The van der Waals surface area contributed by atoms with Crippen LogP contribution in [0.15, 0.2) is 48.6 Å². The molecule has 1 saturated carbocycles. The lowest BCUT2D eigenvalue weighted by Gasteiger charge is -2.19. The molecule has 4 rings (SSSR count). The second-order valence-corrected chi connectivity index (χ2v) is 8.76. The van der Waals surface area contributed by atoms with Crippen molar-refractivity contribution in [1.29, 1.82) is 0 Å². The van der Waals surface area contributed by atoms with E-state index in [4.69, 9.17) is 18.9 Å². The zero-order valence-electron chi connectivity index (χ0n) is 18.7. The van der Waals surface area contributed by atoms with Gasteiger partial charge in [-0.2, -0.15) is 0 Å². The van der Waals surface area contributed by atoms with Gasteiger partial charge in [0.1, 0.15) is 6.10 Å². The quantitative estimate of drug-likeness (QED) is 0.420. The fraction of sp³-hybridized carbons (Fsp3) is 0.462. The van der Waals surface area contributed by atoms with Crippen LogP contribution in [0, 0.1) is 11.8 Å². The number of carbonyl (C=O) groups excluding carboxylic acids is 2. The van der Waals surface area contributed by atoms with Gasteiger partial charge >= 0.3 is 11.9 Å². The lowest BCUT2D eigenvalue weighted by molar-refractivity contribution is -0.143. The first kappa shape index (κ1) is 23.1. The fourth-order valence-electron chi connectivity index (χ4n) is 4.56. The number of carbonyl (C=O) groups is 2. The highest BCUT2D eigenvalue weighted by atomic mass is 16.7. The van der Waals surface area contributed by atoms with Crippen molar-refractivity contribution < 1.29 is 33.6 Å². The van der Waals surface area contributed by atoms with Crippen LogP contribution in [0.25, 0.3) is 6.08 Å². The lowest BCUT2D eigenvalue weighted by atomic mass is 9.90. The first-order valence-corrected chi connectivity index (χ1v) is 11.5. The molecule has 7 heteroatoms. The Balaban J connectivity index is 1.37. The smallest absolute Gasteiger partial charge is 0.331 e. The van der Waals surface area contributed by atoms with Gasteiger partial charge in [-0.25, -0.2) is 9.59 Å². The Morgan fingerprint density at radius 2 is 2.03 bits per heavy atom. The van der Waals surface area contributed by atoms with E-state index in [1.807, 2.05) is 19.1 Å². The number of rotatable bonds is 3. The number of allylic oxidation sites excluding steroid dienone is 2. The van der Waals surface area contributed by atoms with Crippen molar-refractivity contribution in [3.05, 3.63) is 54.1 Å². The molecule has 2 heterocycles. The molecule has 1 aliphatic carbocycles. The molecule has 0 spiro atoms. The topological polar surface area (TPSA) is 91.3 Å². The number of cyclic esters (lactones) is 1. The summed E-state index contributed by atoms with van der Waals surface area (Å²) in [5, 5.41) is 10.7. The summed E-state index contributed by atoms with van der Waals surface area (Å²) >= 11 is 0. The maximum atomic E-state index is 12.4. The lowest BCUT2D eigenvalue weighted by Crippen LogP contribution is -2.22. The van der Waals surface area contributed by atoms with Crippen molar-refractivity contribution in [1.82, 2.24) is 0 Å². The van der Waals surface area contributed by atoms with Crippen molar-refractivity contribution in [2.75, 3.05) is 6.79 Å². The normalized spacial score (nSPS) is 30.6. The molecular formula is C26H30O7. The molecule has 0 aromatic heterocycles. The summed E-state index contributed by atoms with van der Waals surface area (Å²) in [6.45, 7) is 2.07. The molecular weight excluding hydrogens is 424 g/mol. The molecule has 0 unspecified atom stereocenters. The van der Waals surface area contributed by atoms with Crippen molar-refractivity contribution in [3.8, 4) is 11.5 Å². The maximum absolute atomic E-state index is 12.4. The maximum Gasteiger partial charge on any atom is 0.331 e. The molecule has 0 radical (unpaired) electrons. The molecule has 5 atom stereocenters. The van der Waals surface area contributed by atoms with E-state index in [9.17, 15) is 14.7 Å². The predicted molar refractivity (Wildman–Crippen MR) is 121 cm³/mol. The second kappa shape index (κ2) is 10.7. The number of esters is 2. The van der Waals surface area contributed by atoms with Gasteiger partial charge in [0, 0.05) is 12.2 Å². The summed E-state index contributed by atoms with van der Waals surface area (Å²) in [6.07, 6.45) is 12.5. The molecule has 0 bridgehead atoms. The van der Waals surface area contributed by atoms with E-state index >= 15 is 0 Å². The van der Waals surface area contributed by atoms with Gasteiger partial charge in [-0.1, -0.05) is 18.2 Å². The third-order valence-electron chi connectivity index (χ3n) is 6.26. The van der Waals surface area contributed by atoms with Crippen LogP contribution >= 0.6 is 0 Å². The van der Waals surface area contributed by atoms with Gasteiger partial charge in [0.05, 0.1) is 12.2 Å². The van der Waals surface area contributed by atoms with Crippen LogP contribution in [0.2, 0.25) is 0 Å². The third kappa shape index (κ3) is 6.26. The number of benzene rings is 1. The first-order chi connectivity index (χ1) is 16.0. The SMILES string of the molecule is C[C@H]1CCC/C=C/[C@@H]2C[C@H](OC(=O)/C=C/c3ccc4c(c3)OCO4)C[C@H]2[C@H](O)C=CC(=O)O1. The fourth-order valence-corrected chi connectivity index (χ4v) is 4.56. The van der Waals surface area contributed by atoms with E-state index in [1.54, 1.807) is 12.1 Å². The van der Waals surface area contributed by atoms with E-state index < -0.39 is 18.0 Å². The number of hydrogen-bond acceptors (Lipinski definition) is 7. The Bertz CT molecular complexity index is 948. The number of aliphatic hydroxyl groups is 1. The average molecular weight is 455 g/mol. The highest BCUT2D eigenvalue weighted by molar-refractivity contribution is 5.87. The summed E-state index contributed by atoms with van der Waals surface area (Å²) in [5.41, 5.74) is 0.810. The van der Waals surface area contributed by atoms with Gasteiger partial charge in [0.25, 0.3) is 0 Å². The molecule has 1 aromatic rings. The monoisotopic (exact) mass is 454 g/mol. The zero-order valence-corrected chi connectivity index (χ0v) is 18.7. The molecule has 1 fully saturated rings. The van der Waals surface area contributed by atoms with Crippen LogP contribution in [-0.2, 0) is 19.1 Å². The Hall–Kier alpha value is -3.06. The van der Waals surface area contributed by atoms with Gasteiger partial charge < -0.3 is 24.1 Å². The van der Waals surface area contributed by atoms with Crippen molar-refractivity contribution >= 4 is 18.0 Å². The van der Waals surface area contributed by atoms with Gasteiger partial charge in [-0.3, -0.25) is 0 Å². The summed E-state index contributed by atoms with van der Waals surface area (Å²) < 4.78 is 21.7. The Kier molecular flexibility index (Phi) is 7.50. The van der Waals surface area contributed by atoms with Crippen LogP contribution in [0.5, 0.6) is 11.5 Å². The average Bonchev–Trinajstić information content (AvgIpc) is 3.41. The van der Waals surface area contributed by atoms with Gasteiger partial charge in [0.15, 0.2) is 11.5 Å². The number of ether oxygens (including phenoxy) is 4. The largest absolute Gasteiger partial charge is 0.460 e. The second-order valence-electron chi connectivity index (χ2n) is 8.76. The molecule has 33 heavy (non-hydrogen) atoms. The number of hydrogen-bond donors (Lipinski definition) is 1. The minimum atomic E-state index is -0.823. The minimum absolute atomic E-state index is 0.0643. The van der Waals surface area contributed by atoms with E-state index in [0.717, 1.165) is 24.8 Å². The van der Waals surface area contributed by atoms with Gasteiger partial charge in [-0.15, -0.1) is 0 Å². The molecule has 176 valence electrons. The predicted octanol–water partition coefficient (Wildman–Crippen LogP) is 3.96. The van der Waals surface area contributed by atoms with Crippen LogP contribution in [0.3, 0.4) is 0 Å². The molecule has 1 aromatic carbocycles. The Morgan fingerprint density at radius 3 is 2.91 bits per heavy atom. The van der Waals surface area contributed by atoms with E-state index in [2.05, 4.69) is 12.2 Å². The van der Waals surface area contributed by atoms with E-state index in [1.165, 1.54) is 18.2 Å². The van der Waals surface area contributed by atoms with Crippen molar-refractivity contribution in [2.24, 2.45) is 11.8 Å². The van der Waals surface area contributed by atoms with Gasteiger partial charge in [-0.05, 0) is 80.7 Å². The van der Waals surface area contributed by atoms with Crippen molar-refractivity contribution in [3.63, 3.8) is 0 Å². The Morgan fingerprint density at radius 1 is 1.18 bits per heavy atom. The molecule has 0 saturated heterocycles. The van der Waals surface area contributed by atoms with E-state index in [0.29, 0.717) is 24.3 Å². The molecule has 2 aliphatic heterocycles. The molecule has 1 N–H and O–H groups in total. The molecule has 0 amide bonds. The Labute approximate surface area is 193 Å². The van der Waals surface area contributed by atoms with Crippen molar-refractivity contribution in [2.45, 2.75) is 57.3 Å². The molecule has 3 aliphatic rings. The summed E-state index contributed by atoms with van der Waals surface area (Å²) in [5.74, 6) is 0.387. The van der Waals surface area contributed by atoms with Crippen LogP contribution in [0.1, 0.15) is 44.6 Å².